The van der Waals surface area contributed by atoms with Crippen LogP contribution < -0.4 is 11.2 Å². The fraction of sp³-hybridized carbons (Fsp3) is 0. The number of halogens is 1. The lowest BCUT2D eigenvalue weighted by Gasteiger charge is -2.03. The molecule has 19 heavy (non-hydrogen) atoms. The molecular weight excluding hydrogens is 316 g/mol. The van der Waals surface area contributed by atoms with Gasteiger partial charge in [-0.25, -0.2) is 0 Å². The minimum Gasteiger partial charge on any atom is -0.461 e. The third-order valence-electron chi connectivity index (χ3n) is 2.23. The van der Waals surface area contributed by atoms with E-state index in [0.29, 0.717) is 10.2 Å². The number of nitrogens with one attached hydrogen (secondary N) is 1. The first kappa shape index (κ1) is 13.1. The fourth-order valence-corrected chi connectivity index (χ4v) is 1.72. The van der Waals surface area contributed by atoms with Crippen LogP contribution >= 0.6 is 15.9 Å². The highest BCUT2D eigenvalue weighted by molar-refractivity contribution is 9.10. The molecule has 7 nitrogen and oxygen atoms in total. The van der Waals surface area contributed by atoms with Crippen LogP contribution in [0.4, 0.5) is 11.4 Å². The molecule has 0 bridgehead atoms. The van der Waals surface area contributed by atoms with Gasteiger partial charge in [0.15, 0.2) is 11.6 Å². The van der Waals surface area contributed by atoms with Crippen molar-refractivity contribution in [2.75, 3.05) is 5.43 Å². The number of nitro groups is 1. The van der Waals surface area contributed by atoms with Gasteiger partial charge >= 0.3 is 0 Å². The zero-order valence-electron chi connectivity index (χ0n) is 9.54. The summed E-state index contributed by atoms with van der Waals surface area (Å²) in [5.74, 6) is 0.476. The SMILES string of the molecule is N/C(=N/Nc1cc(Br)ccc1[N+](=O)[O-])c1ccco1. The van der Waals surface area contributed by atoms with Crippen molar-refractivity contribution >= 4 is 33.1 Å². The maximum absolute atomic E-state index is 10.9. The Balaban J connectivity index is 2.26. The Bertz CT molecular complexity index is 625. The molecule has 1 aromatic heterocycles. The van der Waals surface area contributed by atoms with Crippen LogP contribution in [0.2, 0.25) is 0 Å². The molecule has 3 N–H and O–H groups in total. The zero-order chi connectivity index (χ0) is 13.8. The lowest BCUT2D eigenvalue weighted by atomic mass is 10.3. The summed E-state index contributed by atoms with van der Waals surface area (Å²) in [5.41, 5.74) is 8.35. The first-order valence-corrected chi connectivity index (χ1v) is 5.94. The monoisotopic (exact) mass is 324 g/mol. The molecule has 0 spiro atoms. The summed E-state index contributed by atoms with van der Waals surface area (Å²) < 4.78 is 5.73. The molecule has 1 heterocycles. The number of anilines is 1. The Kier molecular flexibility index (Phi) is 3.81. The molecule has 2 rings (SSSR count). The minimum absolute atomic E-state index is 0.0965. The van der Waals surface area contributed by atoms with Gasteiger partial charge in [-0.3, -0.25) is 15.5 Å². The highest BCUT2D eigenvalue weighted by Crippen LogP contribution is 2.27. The smallest absolute Gasteiger partial charge is 0.294 e. The van der Waals surface area contributed by atoms with Crippen molar-refractivity contribution in [2.45, 2.75) is 0 Å². The van der Waals surface area contributed by atoms with E-state index in [0.717, 1.165) is 0 Å². The second-order valence-corrected chi connectivity index (χ2v) is 4.42. The van der Waals surface area contributed by atoms with Gasteiger partial charge in [-0.05, 0) is 24.3 Å². The minimum atomic E-state index is -0.507. The Labute approximate surface area is 116 Å². The van der Waals surface area contributed by atoms with Crippen LogP contribution in [-0.2, 0) is 0 Å². The quantitative estimate of drug-likeness (QED) is 0.389. The Morgan fingerprint density at radius 2 is 2.26 bits per heavy atom. The fourth-order valence-electron chi connectivity index (χ4n) is 1.36. The maximum Gasteiger partial charge on any atom is 0.294 e. The van der Waals surface area contributed by atoms with E-state index in [1.807, 2.05) is 0 Å². The van der Waals surface area contributed by atoms with E-state index < -0.39 is 4.92 Å². The number of furan rings is 1. The van der Waals surface area contributed by atoms with Crippen LogP contribution in [0.1, 0.15) is 5.76 Å². The average molecular weight is 325 g/mol. The summed E-state index contributed by atoms with van der Waals surface area (Å²) in [6.45, 7) is 0. The van der Waals surface area contributed by atoms with E-state index in [-0.39, 0.29) is 17.2 Å². The molecule has 0 aliphatic carbocycles. The molecule has 98 valence electrons. The Morgan fingerprint density at radius 3 is 2.89 bits per heavy atom. The highest BCUT2D eigenvalue weighted by atomic mass is 79.9. The number of hydrazone groups is 1. The first-order chi connectivity index (χ1) is 9.08. The third kappa shape index (κ3) is 3.10. The van der Waals surface area contributed by atoms with E-state index in [4.69, 9.17) is 10.2 Å². The van der Waals surface area contributed by atoms with E-state index in [1.165, 1.54) is 18.4 Å². The summed E-state index contributed by atoms with van der Waals surface area (Å²) in [7, 11) is 0. The molecule has 2 aromatic rings. The molecule has 0 fully saturated rings. The summed E-state index contributed by atoms with van der Waals surface area (Å²) in [4.78, 5) is 10.4. The second kappa shape index (κ2) is 5.53. The van der Waals surface area contributed by atoms with Crippen molar-refractivity contribution in [3.63, 3.8) is 0 Å². The van der Waals surface area contributed by atoms with Gasteiger partial charge in [0.05, 0.1) is 11.2 Å². The summed E-state index contributed by atoms with van der Waals surface area (Å²) >= 11 is 3.23. The van der Waals surface area contributed by atoms with E-state index >= 15 is 0 Å². The number of hydrogen-bond acceptors (Lipinski definition) is 5. The number of benzene rings is 1. The average Bonchev–Trinajstić information content (AvgIpc) is 2.89. The van der Waals surface area contributed by atoms with Gasteiger partial charge in [-0.2, -0.15) is 5.10 Å². The van der Waals surface area contributed by atoms with E-state index in [2.05, 4.69) is 26.5 Å². The summed E-state index contributed by atoms with van der Waals surface area (Å²) in [6.07, 6.45) is 1.46. The summed E-state index contributed by atoms with van der Waals surface area (Å²) in [6, 6.07) is 7.78. The van der Waals surface area contributed by atoms with Crippen molar-refractivity contribution in [1.82, 2.24) is 0 Å². The third-order valence-corrected chi connectivity index (χ3v) is 2.72. The normalized spacial score (nSPS) is 11.3. The zero-order valence-corrected chi connectivity index (χ0v) is 11.1. The number of rotatable bonds is 4. The lowest BCUT2D eigenvalue weighted by molar-refractivity contribution is -0.384. The topological polar surface area (TPSA) is 107 Å². The van der Waals surface area contributed by atoms with Gasteiger partial charge < -0.3 is 10.2 Å². The van der Waals surface area contributed by atoms with Gasteiger partial charge in [0.2, 0.25) is 0 Å². The van der Waals surface area contributed by atoms with Gasteiger partial charge in [0.1, 0.15) is 5.69 Å². The summed E-state index contributed by atoms with van der Waals surface area (Å²) in [5, 5.41) is 14.7. The van der Waals surface area contributed by atoms with Crippen molar-refractivity contribution in [3.05, 3.63) is 56.9 Å². The highest BCUT2D eigenvalue weighted by Gasteiger charge is 2.13. The van der Waals surface area contributed by atoms with Crippen LogP contribution in [0.3, 0.4) is 0 Å². The van der Waals surface area contributed by atoms with Crippen LogP contribution in [0.5, 0.6) is 0 Å². The number of amidine groups is 1. The Hall–Kier alpha value is -2.35. The van der Waals surface area contributed by atoms with Crippen LogP contribution in [0.25, 0.3) is 0 Å². The lowest BCUT2D eigenvalue weighted by Crippen LogP contribution is -2.14. The molecule has 0 amide bonds. The molecule has 0 unspecified atom stereocenters. The molecule has 0 saturated carbocycles. The predicted molar refractivity (Wildman–Crippen MR) is 73.9 cm³/mol. The largest absolute Gasteiger partial charge is 0.461 e. The van der Waals surface area contributed by atoms with E-state index in [9.17, 15) is 10.1 Å². The predicted octanol–water partition coefficient (Wildman–Crippen LogP) is 2.68. The van der Waals surface area contributed by atoms with Gasteiger partial charge in [0, 0.05) is 10.5 Å². The first-order valence-electron chi connectivity index (χ1n) is 5.15. The maximum atomic E-state index is 10.9. The number of nitrogens with two attached hydrogens (primary N) is 1. The molecule has 0 atom stereocenters. The molecule has 0 aliphatic heterocycles. The molecule has 8 heteroatoms. The second-order valence-electron chi connectivity index (χ2n) is 3.50. The number of nitrogens with zero attached hydrogens (tertiary/aromatic N) is 2. The van der Waals surface area contributed by atoms with Gasteiger partial charge in [-0.15, -0.1) is 0 Å². The molecule has 0 saturated heterocycles. The van der Waals surface area contributed by atoms with Crippen molar-refractivity contribution < 1.29 is 9.34 Å². The standard InChI is InChI=1S/C11H9BrN4O3/c12-7-3-4-9(16(17)18)8(6-7)14-15-11(13)10-2-1-5-19-10/h1-6,14H,(H2,13,15). The van der Waals surface area contributed by atoms with Crippen LogP contribution in [0, 0.1) is 10.1 Å². The van der Waals surface area contributed by atoms with Crippen molar-refractivity contribution in [3.8, 4) is 0 Å². The molecule has 0 aliphatic rings. The van der Waals surface area contributed by atoms with E-state index in [1.54, 1.807) is 18.2 Å². The molecule has 1 aromatic carbocycles. The van der Waals surface area contributed by atoms with Crippen LogP contribution in [0.15, 0.2) is 50.6 Å². The van der Waals surface area contributed by atoms with Gasteiger partial charge in [-0.1, -0.05) is 15.9 Å². The number of nitro benzene ring substituents is 1. The van der Waals surface area contributed by atoms with Crippen molar-refractivity contribution in [2.24, 2.45) is 10.8 Å². The molecule has 0 radical (unpaired) electrons. The number of hydrogen-bond donors (Lipinski definition) is 2. The molecular formula is C11H9BrN4O3. The van der Waals surface area contributed by atoms with Crippen LogP contribution in [-0.4, -0.2) is 10.8 Å². The van der Waals surface area contributed by atoms with Gasteiger partial charge in [0.25, 0.3) is 5.69 Å². The Morgan fingerprint density at radius 1 is 1.47 bits per heavy atom. The van der Waals surface area contributed by atoms with Crippen molar-refractivity contribution in [1.29, 1.82) is 0 Å².